The highest BCUT2D eigenvalue weighted by molar-refractivity contribution is 5.96. The number of benzene rings is 5. The molecule has 0 N–H and O–H groups in total. The zero-order valence-electron chi connectivity index (χ0n) is 23.6. The van der Waals surface area contributed by atoms with Crippen molar-refractivity contribution in [2.24, 2.45) is 5.92 Å². The lowest BCUT2D eigenvalue weighted by atomic mass is 9.97. The second kappa shape index (κ2) is 13.0. The molecule has 0 radical (unpaired) electrons. The fourth-order valence-corrected chi connectivity index (χ4v) is 4.48. The minimum atomic E-state index is -1.42. The lowest BCUT2D eigenvalue weighted by Gasteiger charge is -2.13. The Bertz CT molecular complexity index is 1980. The van der Waals surface area contributed by atoms with E-state index in [4.69, 9.17) is 14.7 Å². The maximum Gasteiger partial charge on any atom is 0.325 e. The second-order valence-corrected chi connectivity index (χ2v) is 9.98. The van der Waals surface area contributed by atoms with Crippen LogP contribution in [-0.4, -0.2) is 11.9 Å². The van der Waals surface area contributed by atoms with Gasteiger partial charge < -0.3 is 9.47 Å². The molecular formula is C35H19F6NO4. The Labute approximate surface area is 257 Å². The summed E-state index contributed by atoms with van der Waals surface area (Å²) in [4.78, 5) is 25.1. The van der Waals surface area contributed by atoms with Crippen LogP contribution in [0.4, 0.5) is 26.3 Å². The van der Waals surface area contributed by atoms with E-state index in [1.165, 1.54) is 73.7 Å². The summed E-state index contributed by atoms with van der Waals surface area (Å²) in [7, 11) is 0. The molecule has 1 atom stereocenters. The molecule has 0 aliphatic heterocycles. The quantitative estimate of drug-likeness (QED) is 0.0779. The predicted molar refractivity (Wildman–Crippen MR) is 154 cm³/mol. The molecule has 0 saturated heterocycles. The number of hydrogen-bond donors (Lipinski definition) is 0. The fraction of sp³-hybridized carbons (Fsp3) is 0.0571. The molecule has 11 heteroatoms. The summed E-state index contributed by atoms with van der Waals surface area (Å²) in [5.41, 5.74) is -1.10. The molecular weight excluding hydrogens is 612 g/mol. The SMILES string of the molecule is CC(C(=O)Oc1ccc(-c2cc(F)c(-c3cc(F)c(C#N)c(F)c3)c(F)c2)cc1)C(=O)Oc1ccc(-c2ccc(F)cc2)c(F)c1. The van der Waals surface area contributed by atoms with E-state index < -0.39 is 69.5 Å². The molecule has 0 aliphatic carbocycles. The highest BCUT2D eigenvalue weighted by Crippen LogP contribution is 2.33. The van der Waals surface area contributed by atoms with Gasteiger partial charge in [0.15, 0.2) is 5.92 Å². The van der Waals surface area contributed by atoms with Crippen molar-refractivity contribution in [3.63, 3.8) is 0 Å². The summed E-state index contributed by atoms with van der Waals surface area (Å²) in [6.45, 7) is 1.22. The molecule has 0 amide bonds. The molecule has 5 rings (SSSR count). The zero-order valence-corrected chi connectivity index (χ0v) is 23.6. The average molecular weight is 632 g/mol. The van der Waals surface area contributed by atoms with Gasteiger partial charge in [0.25, 0.3) is 0 Å². The number of rotatable bonds is 7. The molecule has 5 aromatic carbocycles. The van der Waals surface area contributed by atoms with E-state index in [2.05, 4.69) is 0 Å². The van der Waals surface area contributed by atoms with Crippen molar-refractivity contribution in [2.75, 3.05) is 0 Å². The van der Waals surface area contributed by atoms with Crippen molar-refractivity contribution < 1.29 is 45.4 Å². The monoisotopic (exact) mass is 631 g/mol. The summed E-state index contributed by atoms with van der Waals surface area (Å²) >= 11 is 0. The number of carbonyl (C=O) groups is 2. The second-order valence-electron chi connectivity index (χ2n) is 9.98. The third kappa shape index (κ3) is 6.61. The molecule has 0 bridgehead atoms. The molecule has 0 saturated carbocycles. The van der Waals surface area contributed by atoms with E-state index in [-0.39, 0.29) is 22.6 Å². The molecule has 5 aromatic rings. The third-order valence-electron chi connectivity index (χ3n) is 6.91. The lowest BCUT2D eigenvalue weighted by molar-refractivity contribution is -0.150. The summed E-state index contributed by atoms with van der Waals surface area (Å²) in [6, 6.07) is 18.7. The van der Waals surface area contributed by atoms with Gasteiger partial charge in [-0.05, 0) is 89.8 Å². The van der Waals surface area contributed by atoms with E-state index in [0.29, 0.717) is 23.3 Å². The van der Waals surface area contributed by atoms with E-state index in [0.717, 1.165) is 18.2 Å². The molecule has 230 valence electrons. The Morgan fingerprint density at radius 2 is 1.09 bits per heavy atom. The predicted octanol–water partition coefficient (Wildman–Crippen LogP) is 8.54. The van der Waals surface area contributed by atoms with Crippen LogP contribution in [0.5, 0.6) is 11.5 Å². The minimum Gasteiger partial charge on any atom is -0.426 e. The van der Waals surface area contributed by atoms with Gasteiger partial charge in [-0.2, -0.15) is 5.26 Å². The highest BCUT2D eigenvalue weighted by atomic mass is 19.2. The van der Waals surface area contributed by atoms with Gasteiger partial charge in [0.05, 0.1) is 5.56 Å². The summed E-state index contributed by atoms with van der Waals surface area (Å²) in [5, 5.41) is 8.81. The molecule has 1 unspecified atom stereocenters. The number of ether oxygens (including phenoxy) is 2. The Morgan fingerprint density at radius 1 is 0.587 bits per heavy atom. The van der Waals surface area contributed by atoms with Crippen molar-refractivity contribution in [3.05, 3.63) is 131 Å². The maximum atomic E-state index is 14.9. The summed E-state index contributed by atoms with van der Waals surface area (Å²) in [5.74, 6) is -9.61. The zero-order chi connectivity index (χ0) is 33.1. The van der Waals surface area contributed by atoms with E-state index in [1.807, 2.05) is 0 Å². The van der Waals surface area contributed by atoms with Gasteiger partial charge in [-0.25, -0.2) is 26.3 Å². The van der Waals surface area contributed by atoms with E-state index >= 15 is 0 Å². The average Bonchev–Trinajstić information content (AvgIpc) is 3.01. The largest absolute Gasteiger partial charge is 0.426 e. The first-order chi connectivity index (χ1) is 21.9. The molecule has 0 heterocycles. The van der Waals surface area contributed by atoms with E-state index in [1.54, 1.807) is 0 Å². The number of esters is 2. The van der Waals surface area contributed by atoms with Crippen LogP contribution < -0.4 is 9.47 Å². The molecule has 0 fully saturated rings. The van der Waals surface area contributed by atoms with Gasteiger partial charge in [0.2, 0.25) is 0 Å². The first-order valence-corrected chi connectivity index (χ1v) is 13.4. The van der Waals surface area contributed by atoms with Crippen LogP contribution in [0.3, 0.4) is 0 Å². The molecule has 5 nitrogen and oxygen atoms in total. The topological polar surface area (TPSA) is 76.4 Å². The van der Waals surface area contributed by atoms with Gasteiger partial charge in [-0.1, -0.05) is 24.3 Å². The van der Waals surface area contributed by atoms with Crippen LogP contribution in [0.2, 0.25) is 0 Å². The van der Waals surface area contributed by atoms with Crippen LogP contribution in [0.15, 0.2) is 91.0 Å². The number of hydrogen-bond acceptors (Lipinski definition) is 5. The number of carbonyl (C=O) groups excluding carboxylic acids is 2. The lowest BCUT2D eigenvalue weighted by Crippen LogP contribution is -2.29. The minimum absolute atomic E-state index is 0.0100. The Balaban J connectivity index is 1.24. The van der Waals surface area contributed by atoms with Gasteiger partial charge in [-0.15, -0.1) is 0 Å². The Morgan fingerprint density at radius 3 is 1.63 bits per heavy atom. The fourth-order valence-electron chi connectivity index (χ4n) is 4.48. The van der Waals surface area contributed by atoms with Crippen LogP contribution in [-0.2, 0) is 9.59 Å². The summed E-state index contributed by atoms with van der Waals surface area (Å²) < 4.78 is 96.1. The number of nitriles is 1. The molecule has 46 heavy (non-hydrogen) atoms. The van der Waals surface area contributed by atoms with Gasteiger partial charge in [-0.3, -0.25) is 9.59 Å². The Hall–Kier alpha value is -5.89. The van der Waals surface area contributed by atoms with Crippen molar-refractivity contribution in [2.45, 2.75) is 6.92 Å². The first kappa shape index (κ1) is 31.5. The van der Waals surface area contributed by atoms with Gasteiger partial charge >= 0.3 is 11.9 Å². The van der Waals surface area contributed by atoms with Crippen LogP contribution >= 0.6 is 0 Å². The molecule has 0 spiro atoms. The number of halogens is 6. The maximum absolute atomic E-state index is 14.9. The van der Waals surface area contributed by atoms with E-state index in [9.17, 15) is 35.9 Å². The highest BCUT2D eigenvalue weighted by Gasteiger charge is 2.26. The van der Waals surface area contributed by atoms with Gasteiger partial charge in [0.1, 0.15) is 58.0 Å². The van der Waals surface area contributed by atoms with Crippen LogP contribution in [0, 0.1) is 52.2 Å². The standard InChI is InChI=1S/C35H19F6NO4/c1-18(35(44)46-25-10-11-26(30(39)16-25)20-2-6-23(36)7-3-20)34(43)45-24-8-4-19(5-9-24)21-12-31(40)33(32(41)13-21)22-14-28(37)27(17-42)29(38)15-22/h2-16,18H,1H3. The normalized spacial score (nSPS) is 11.4. The first-order valence-electron chi connectivity index (χ1n) is 13.4. The van der Waals surface area contributed by atoms with Crippen molar-refractivity contribution in [1.82, 2.24) is 0 Å². The van der Waals surface area contributed by atoms with Crippen molar-refractivity contribution in [3.8, 4) is 50.9 Å². The smallest absolute Gasteiger partial charge is 0.325 e. The number of nitrogens with zero attached hydrogens (tertiary/aromatic N) is 1. The molecule has 0 aromatic heterocycles. The third-order valence-corrected chi connectivity index (χ3v) is 6.91. The van der Waals surface area contributed by atoms with Crippen LogP contribution in [0.25, 0.3) is 33.4 Å². The summed E-state index contributed by atoms with van der Waals surface area (Å²) in [6.07, 6.45) is 0. The van der Waals surface area contributed by atoms with Gasteiger partial charge in [0, 0.05) is 11.6 Å². The Kier molecular flexibility index (Phi) is 8.91. The molecule has 0 aliphatic rings. The van der Waals surface area contributed by atoms with Crippen LogP contribution in [0.1, 0.15) is 12.5 Å². The van der Waals surface area contributed by atoms with Crippen molar-refractivity contribution in [1.29, 1.82) is 5.26 Å². The van der Waals surface area contributed by atoms with Crippen molar-refractivity contribution >= 4 is 11.9 Å².